The molecule has 0 bridgehead atoms. The summed E-state index contributed by atoms with van der Waals surface area (Å²) in [6.07, 6.45) is 1.00. The second-order valence-electron chi connectivity index (χ2n) is 4.57. The molecular formula is C13H19NO3S. The molecule has 1 unspecified atom stereocenters. The maximum Gasteiger partial charge on any atom is 0.153 e. The van der Waals surface area contributed by atoms with Crippen molar-refractivity contribution in [3.05, 3.63) is 29.8 Å². The Morgan fingerprint density at radius 1 is 1.33 bits per heavy atom. The number of hydrogen-bond donors (Lipinski definition) is 1. The van der Waals surface area contributed by atoms with Gasteiger partial charge in [-0.1, -0.05) is 19.1 Å². The van der Waals surface area contributed by atoms with Crippen molar-refractivity contribution in [3.63, 3.8) is 0 Å². The lowest BCUT2D eigenvalue weighted by Gasteiger charge is -2.23. The number of aryl methyl sites for hydroxylation is 1. The van der Waals surface area contributed by atoms with Crippen molar-refractivity contribution in [2.45, 2.75) is 19.4 Å². The zero-order valence-corrected chi connectivity index (χ0v) is 11.4. The van der Waals surface area contributed by atoms with Crippen molar-refractivity contribution in [2.24, 2.45) is 0 Å². The van der Waals surface area contributed by atoms with Crippen LogP contribution in [0, 0.1) is 0 Å². The lowest BCUT2D eigenvalue weighted by atomic mass is 10.2. The highest BCUT2D eigenvalue weighted by atomic mass is 32.2. The van der Waals surface area contributed by atoms with E-state index in [0.29, 0.717) is 13.2 Å². The first-order valence-corrected chi connectivity index (χ1v) is 8.07. The van der Waals surface area contributed by atoms with Gasteiger partial charge in [-0.05, 0) is 24.1 Å². The second kappa shape index (κ2) is 5.71. The fourth-order valence-electron chi connectivity index (χ4n) is 1.99. The SMILES string of the molecule is CCc1ccc(OCC2CS(=O)(=O)CCN2)cc1. The fourth-order valence-corrected chi connectivity index (χ4v) is 3.42. The highest BCUT2D eigenvalue weighted by Crippen LogP contribution is 2.13. The van der Waals surface area contributed by atoms with Gasteiger partial charge in [0.1, 0.15) is 12.4 Å². The van der Waals surface area contributed by atoms with Crippen LogP contribution in [0.1, 0.15) is 12.5 Å². The molecule has 1 aliphatic rings. The third-order valence-corrected chi connectivity index (χ3v) is 4.82. The second-order valence-corrected chi connectivity index (χ2v) is 6.80. The molecule has 0 amide bonds. The number of ether oxygens (including phenoxy) is 1. The molecule has 1 aliphatic heterocycles. The van der Waals surface area contributed by atoms with Crippen LogP contribution in [0.5, 0.6) is 5.75 Å². The van der Waals surface area contributed by atoms with Crippen LogP contribution >= 0.6 is 0 Å². The van der Waals surface area contributed by atoms with Crippen molar-refractivity contribution >= 4 is 9.84 Å². The molecule has 1 atom stereocenters. The lowest BCUT2D eigenvalue weighted by molar-refractivity contribution is 0.273. The van der Waals surface area contributed by atoms with Crippen molar-refractivity contribution in [3.8, 4) is 5.75 Å². The van der Waals surface area contributed by atoms with Gasteiger partial charge in [-0.3, -0.25) is 0 Å². The Bertz CT molecular complexity index is 481. The van der Waals surface area contributed by atoms with Crippen molar-refractivity contribution in [1.29, 1.82) is 0 Å². The summed E-state index contributed by atoms with van der Waals surface area (Å²) in [7, 11) is -2.89. The lowest BCUT2D eigenvalue weighted by Crippen LogP contribution is -2.48. The van der Waals surface area contributed by atoms with Gasteiger partial charge in [0.05, 0.1) is 17.5 Å². The normalized spacial score (nSPS) is 22.6. The van der Waals surface area contributed by atoms with E-state index in [9.17, 15) is 8.42 Å². The van der Waals surface area contributed by atoms with E-state index < -0.39 is 9.84 Å². The van der Waals surface area contributed by atoms with Crippen LogP contribution in [-0.4, -0.2) is 39.1 Å². The molecule has 1 heterocycles. The summed E-state index contributed by atoms with van der Waals surface area (Å²) in [5.41, 5.74) is 1.26. The zero-order valence-electron chi connectivity index (χ0n) is 10.6. The van der Waals surface area contributed by atoms with Crippen LogP contribution in [-0.2, 0) is 16.3 Å². The minimum Gasteiger partial charge on any atom is -0.492 e. The summed E-state index contributed by atoms with van der Waals surface area (Å²) in [5, 5.41) is 3.16. The summed E-state index contributed by atoms with van der Waals surface area (Å²) in [6.45, 7) is 3.02. The molecule has 18 heavy (non-hydrogen) atoms. The zero-order chi connectivity index (χ0) is 13.0. The minimum atomic E-state index is -2.89. The van der Waals surface area contributed by atoms with Crippen LogP contribution in [0.25, 0.3) is 0 Å². The summed E-state index contributed by atoms with van der Waals surface area (Å²) >= 11 is 0. The highest BCUT2D eigenvalue weighted by molar-refractivity contribution is 7.91. The maximum atomic E-state index is 11.5. The van der Waals surface area contributed by atoms with Gasteiger partial charge in [0.25, 0.3) is 0 Å². The van der Waals surface area contributed by atoms with Gasteiger partial charge >= 0.3 is 0 Å². The predicted molar refractivity (Wildman–Crippen MR) is 71.8 cm³/mol. The summed E-state index contributed by atoms with van der Waals surface area (Å²) in [4.78, 5) is 0. The quantitative estimate of drug-likeness (QED) is 0.886. The van der Waals surface area contributed by atoms with Gasteiger partial charge in [0, 0.05) is 6.54 Å². The third-order valence-electron chi connectivity index (χ3n) is 3.08. The molecule has 4 nitrogen and oxygen atoms in total. The molecule has 0 radical (unpaired) electrons. The molecule has 100 valence electrons. The van der Waals surface area contributed by atoms with E-state index in [-0.39, 0.29) is 17.5 Å². The molecule has 0 aromatic heterocycles. The van der Waals surface area contributed by atoms with E-state index in [1.807, 2.05) is 24.3 Å². The smallest absolute Gasteiger partial charge is 0.153 e. The first kappa shape index (κ1) is 13.4. The molecule has 0 saturated carbocycles. The molecule has 2 rings (SSSR count). The molecule has 1 aromatic rings. The van der Waals surface area contributed by atoms with Gasteiger partial charge in [0.15, 0.2) is 9.84 Å². The summed E-state index contributed by atoms with van der Waals surface area (Å²) in [6, 6.07) is 7.81. The van der Waals surface area contributed by atoms with Crippen molar-refractivity contribution in [1.82, 2.24) is 5.32 Å². The Balaban J connectivity index is 1.87. The van der Waals surface area contributed by atoms with Gasteiger partial charge in [0.2, 0.25) is 0 Å². The highest BCUT2D eigenvalue weighted by Gasteiger charge is 2.24. The fraction of sp³-hybridized carbons (Fsp3) is 0.538. The van der Waals surface area contributed by atoms with E-state index in [0.717, 1.165) is 12.2 Å². The minimum absolute atomic E-state index is 0.102. The number of rotatable bonds is 4. The van der Waals surface area contributed by atoms with Crippen LogP contribution in [0.15, 0.2) is 24.3 Å². The first-order valence-electron chi connectivity index (χ1n) is 6.24. The Morgan fingerprint density at radius 3 is 2.67 bits per heavy atom. The summed E-state index contributed by atoms with van der Waals surface area (Å²) < 4.78 is 28.5. The van der Waals surface area contributed by atoms with Gasteiger partial charge in [-0.2, -0.15) is 0 Å². The first-order chi connectivity index (χ1) is 8.59. The standard InChI is InChI=1S/C13H19NO3S/c1-2-11-3-5-13(6-4-11)17-9-12-10-18(15,16)8-7-14-12/h3-6,12,14H,2,7-10H2,1H3. The van der Waals surface area contributed by atoms with E-state index >= 15 is 0 Å². The topological polar surface area (TPSA) is 55.4 Å². The number of nitrogens with one attached hydrogen (secondary N) is 1. The molecule has 1 N–H and O–H groups in total. The molecule has 0 spiro atoms. The van der Waals surface area contributed by atoms with Crippen LogP contribution in [0.4, 0.5) is 0 Å². The Kier molecular flexibility index (Phi) is 4.24. The van der Waals surface area contributed by atoms with E-state index in [4.69, 9.17) is 4.74 Å². The van der Waals surface area contributed by atoms with Crippen LogP contribution < -0.4 is 10.1 Å². The average molecular weight is 269 g/mol. The number of benzene rings is 1. The average Bonchev–Trinajstić information content (AvgIpc) is 2.36. The summed E-state index contributed by atoms with van der Waals surface area (Å²) in [5.74, 6) is 1.19. The molecule has 1 fully saturated rings. The Hall–Kier alpha value is -1.07. The molecule has 0 aliphatic carbocycles. The van der Waals surface area contributed by atoms with Gasteiger partial charge < -0.3 is 10.1 Å². The van der Waals surface area contributed by atoms with Crippen molar-refractivity contribution in [2.75, 3.05) is 24.7 Å². The molecule has 1 saturated heterocycles. The van der Waals surface area contributed by atoms with Crippen LogP contribution in [0.3, 0.4) is 0 Å². The Labute approximate surface area is 108 Å². The van der Waals surface area contributed by atoms with Gasteiger partial charge in [-0.25, -0.2) is 8.42 Å². The molecule has 1 aromatic carbocycles. The Morgan fingerprint density at radius 2 is 2.06 bits per heavy atom. The predicted octanol–water partition coefficient (Wildman–Crippen LogP) is 1.01. The molecule has 5 heteroatoms. The largest absolute Gasteiger partial charge is 0.492 e. The maximum absolute atomic E-state index is 11.5. The monoisotopic (exact) mass is 269 g/mol. The third kappa shape index (κ3) is 3.71. The van der Waals surface area contributed by atoms with Crippen LogP contribution in [0.2, 0.25) is 0 Å². The van der Waals surface area contributed by atoms with Crippen molar-refractivity contribution < 1.29 is 13.2 Å². The number of sulfone groups is 1. The van der Waals surface area contributed by atoms with E-state index in [1.165, 1.54) is 5.56 Å². The molecular weight excluding hydrogens is 250 g/mol. The number of hydrogen-bond acceptors (Lipinski definition) is 4. The van der Waals surface area contributed by atoms with E-state index in [1.54, 1.807) is 0 Å². The van der Waals surface area contributed by atoms with E-state index in [2.05, 4.69) is 12.2 Å². The van der Waals surface area contributed by atoms with Gasteiger partial charge in [-0.15, -0.1) is 0 Å².